The van der Waals surface area contributed by atoms with Gasteiger partial charge in [-0.3, -0.25) is 4.99 Å². The summed E-state index contributed by atoms with van der Waals surface area (Å²) in [4.78, 5) is 4.22. The lowest BCUT2D eigenvalue weighted by atomic mass is 10.2. The second-order valence-electron chi connectivity index (χ2n) is 5.31. The molecule has 0 bridgehead atoms. The lowest BCUT2D eigenvalue weighted by Crippen LogP contribution is -2.39. The van der Waals surface area contributed by atoms with E-state index in [0.717, 1.165) is 37.8 Å². The molecule has 2 aromatic rings. The van der Waals surface area contributed by atoms with Gasteiger partial charge in [0.1, 0.15) is 5.75 Å². The van der Waals surface area contributed by atoms with Crippen LogP contribution in [0.2, 0.25) is 0 Å². The highest BCUT2D eigenvalue weighted by Crippen LogP contribution is 2.15. The number of benzene rings is 1. The van der Waals surface area contributed by atoms with Gasteiger partial charge in [-0.1, -0.05) is 18.2 Å². The van der Waals surface area contributed by atoms with Gasteiger partial charge < -0.3 is 19.9 Å². The Labute approximate surface area is 161 Å². The number of hydrogen-bond donors (Lipinski definition) is 2. The molecule has 24 heavy (non-hydrogen) atoms. The number of hydrogen-bond acceptors (Lipinski definition) is 2. The van der Waals surface area contributed by atoms with Crippen LogP contribution in [-0.2, 0) is 6.54 Å². The number of aryl methyl sites for hydroxylation is 1. The van der Waals surface area contributed by atoms with Gasteiger partial charge in [-0.15, -0.1) is 24.0 Å². The highest BCUT2D eigenvalue weighted by molar-refractivity contribution is 14.0. The normalized spacial score (nSPS) is 10.8. The van der Waals surface area contributed by atoms with Gasteiger partial charge in [0, 0.05) is 39.1 Å². The number of nitrogens with zero attached hydrogens (tertiary/aromatic N) is 2. The predicted molar refractivity (Wildman–Crippen MR) is 111 cm³/mol. The zero-order valence-corrected chi connectivity index (χ0v) is 16.7. The summed E-state index contributed by atoms with van der Waals surface area (Å²) in [5.41, 5.74) is 1.17. The molecule has 0 aliphatic rings. The smallest absolute Gasteiger partial charge is 0.191 e. The molecule has 1 aromatic carbocycles. The maximum absolute atomic E-state index is 5.78. The van der Waals surface area contributed by atoms with E-state index in [4.69, 9.17) is 4.74 Å². The molecule has 0 saturated carbocycles. The second-order valence-corrected chi connectivity index (χ2v) is 5.31. The molecule has 0 saturated heterocycles. The van der Waals surface area contributed by atoms with Crippen molar-refractivity contribution in [2.45, 2.75) is 19.9 Å². The third-order valence-electron chi connectivity index (χ3n) is 3.52. The van der Waals surface area contributed by atoms with E-state index in [1.807, 2.05) is 30.3 Å². The van der Waals surface area contributed by atoms with Crippen LogP contribution in [0.1, 0.15) is 12.0 Å². The summed E-state index contributed by atoms with van der Waals surface area (Å²) in [7, 11) is 1.79. The minimum Gasteiger partial charge on any atom is -0.493 e. The third kappa shape index (κ3) is 7.25. The van der Waals surface area contributed by atoms with Gasteiger partial charge in [-0.25, -0.2) is 0 Å². The predicted octanol–water partition coefficient (Wildman–Crippen LogP) is 3.05. The quantitative estimate of drug-likeness (QED) is 0.286. The van der Waals surface area contributed by atoms with Crippen LogP contribution in [0.25, 0.3) is 0 Å². The second kappa shape index (κ2) is 11.8. The first kappa shape index (κ1) is 20.3. The molecule has 0 radical (unpaired) electrons. The fourth-order valence-electron chi connectivity index (χ4n) is 2.22. The van der Waals surface area contributed by atoms with Crippen LogP contribution in [0, 0.1) is 6.92 Å². The standard InChI is InChI=1S/C18H26N4O.HI/c1-16-8-3-4-9-17(16)23-15-7-10-20-18(19-2)21-11-14-22-12-5-6-13-22;/h3-6,8-9,12-13H,7,10-11,14-15H2,1-2H3,(H2,19,20,21);1H. The van der Waals surface area contributed by atoms with Crippen molar-refractivity contribution in [3.8, 4) is 5.75 Å². The Kier molecular flexibility index (Phi) is 9.98. The van der Waals surface area contributed by atoms with Crippen molar-refractivity contribution in [2.75, 3.05) is 26.7 Å². The Balaban J connectivity index is 0.00000288. The minimum absolute atomic E-state index is 0. The molecule has 0 aliphatic carbocycles. The van der Waals surface area contributed by atoms with E-state index < -0.39 is 0 Å². The Hall–Kier alpha value is -1.70. The van der Waals surface area contributed by atoms with Crippen LogP contribution in [0.4, 0.5) is 0 Å². The number of para-hydroxylation sites is 1. The molecule has 1 heterocycles. The van der Waals surface area contributed by atoms with Crippen LogP contribution in [-0.4, -0.2) is 37.3 Å². The molecule has 6 heteroatoms. The molecule has 5 nitrogen and oxygen atoms in total. The van der Waals surface area contributed by atoms with E-state index in [2.05, 4.69) is 45.6 Å². The number of aromatic nitrogens is 1. The number of halogens is 1. The maximum Gasteiger partial charge on any atom is 0.191 e. The number of aliphatic imine (C=N–C) groups is 1. The summed E-state index contributed by atoms with van der Waals surface area (Å²) >= 11 is 0. The zero-order chi connectivity index (χ0) is 16.3. The number of ether oxygens (including phenoxy) is 1. The van der Waals surface area contributed by atoms with E-state index in [1.54, 1.807) is 7.05 Å². The van der Waals surface area contributed by atoms with Crippen molar-refractivity contribution in [3.05, 3.63) is 54.4 Å². The van der Waals surface area contributed by atoms with Crippen molar-refractivity contribution >= 4 is 29.9 Å². The van der Waals surface area contributed by atoms with Crippen molar-refractivity contribution in [1.29, 1.82) is 0 Å². The molecular weight excluding hydrogens is 415 g/mol. The highest BCUT2D eigenvalue weighted by atomic mass is 127. The first-order valence-electron chi connectivity index (χ1n) is 8.03. The first-order valence-corrected chi connectivity index (χ1v) is 8.03. The molecule has 2 rings (SSSR count). The summed E-state index contributed by atoms with van der Waals surface area (Å²) in [6, 6.07) is 12.1. The Morgan fingerprint density at radius 3 is 2.50 bits per heavy atom. The summed E-state index contributed by atoms with van der Waals surface area (Å²) < 4.78 is 7.91. The fourth-order valence-corrected chi connectivity index (χ4v) is 2.22. The van der Waals surface area contributed by atoms with E-state index in [1.165, 1.54) is 5.56 Å². The van der Waals surface area contributed by atoms with Crippen LogP contribution in [0.15, 0.2) is 53.8 Å². The molecule has 0 aliphatic heterocycles. The van der Waals surface area contributed by atoms with Gasteiger partial charge in [0.25, 0.3) is 0 Å². The molecule has 0 amide bonds. The molecule has 0 unspecified atom stereocenters. The Morgan fingerprint density at radius 2 is 1.79 bits per heavy atom. The van der Waals surface area contributed by atoms with Gasteiger partial charge in [-0.2, -0.15) is 0 Å². The van der Waals surface area contributed by atoms with Crippen LogP contribution < -0.4 is 15.4 Å². The summed E-state index contributed by atoms with van der Waals surface area (Å²) in [6.45, 7) is 5.34. The lowest BCUT2D eigenvalue weighted by molar-refractivity contribution is 0.309. The molecule has 1 aromatic heterocycles. The van der Waals surface area contributed by atoms with Crippen molar-refractivity contribution in [2.24, 2.45) is 4.99 Å². The van der Waals surface area contributed by atoms with E-state index in [9.17, 15) is 0 Å². The van der Waals surface area contributed by atoms with Crippen LogP contribution in [0.3, 0.4) is 0 Å². The molecule has 0 fully saturated rings. The monoisotopic (exact) mass is 442 g/mol. The topological polar surface area (TPSA) is 50.6 Å². The number of nitrogens with one attached hydrogen (secondary N) is 2. The maximum atomic E-state index is 5.78. The molecule has 0 spiro atoms. The van der Waals surface area contributed by atoms with Crippen LogP contribution >= 0.6 is 24.0 Å². The average molecular weight is 442 g/mol. The lowest BCUT2D eigenvalue weighted by Gasteiger charge is -2.13. The number of guanidine groups is 1. The van der Waals surface area contributed by atoms with Crippen molar-refractivity contribution in [3.63, 3.8) is 0 Å². The van der Waals surface area contributed by atoms with Gasteiger partial charge in [-0.05, 0) is 37.1 Å². The molecule has 132 valence electrons. The first-order chi connectivity index (χ1) is 11.3. The average Bonchev–Trinajstić information content (AvgIpc) is 3.08. The van der Waals surface area contributed by atoms with Crippen LogP contribution in [0.5, 0.6) is 5.75 Å². The summed E-state index contributed by atoms with van der Waals surface area (Å²) in [6.07, 6.45) is 5.04. The molecular formula is C18H27IN4O. The van der Waals surface area contributed by atoms with Crippen molar-refractivity contribution in [1.82, 2.24) is 15.2 Å². The van der Waals surface area contributed by atoms with E-state index in [-0.39, 0.29) is 24.0 Å². The van der Waals surface area contributed by atoms with Gasteiger partial charge in [0.15, 0.2) is 5.96 Å². The fraction of sp³-hybridized carbons (Fsp3) is 0.389. The Morgan fingerprint density at radius 1 is 1.08 bits per heavy atom. The Bertz CT molecular complexity index is 599. The van der Waals surface area contributed by atoms with Gasteiger partial charge >= 0.3 is 0 Å². The molecule has 0 atom stereocenters. The molecule has 2 N–H and O–H groups in total. The van der Waals surface area contributed by atoms with E-state index in [0.29, 0.717) is 6.61 Å². The summed E-state index contributed by atoms with van der Waals surface area (Å²) in [5.74, 6) is 1.79. The van der Waals surface area contributed by atoms with E-state index >= 15 is 0 Å². The third-order valence-corrected chi connectivity index (χ3v) is 3.52. The zero-order valence-electron chi connectivity index (χ0n) is 14.4. The SMILES string of the molecule is CN=C(NCCCOc1ccccc1C)NCCn1cccc1.I. The summed E-state index contributed by atoms with van der Waals surface area (Å²) in [5, 5.41) is 6.60. The largest absolute Gasteiger partial charge is 0.493 e. The highest BCUT2D eigenvalue weighted by Gasteiger charge is 1.99. The number of rotatable bonds is 8. The van der Waals surface area contributed by atoms with Crippen molar-refractivity contribution < 1.29 is 4.74 Å². The van der Waals surface area contributed by atoms with Gasteiger partial charge in [0.2, 0.25) is 0 Å². The van der Waals surface area contributed by atoms with Gasteiger partial charge in [0.05, 0.1) is 6.61 Å². The minimum atomic E-state index is 0.